The van der Waals surface area contributed by atoms with Crippen molar-refractivity contribution >= 4 is 11.7 Å². The highest BCUT2D eigenvalue weighted by molar-refractivity contribution is 6.15. The Morgan fingerprint density at radius 3 is 2.33 bits per heavy atom. The van der Waals surface area contributed by atoms with Gasteiger partial charge in [0.05, 0.1) is 5.56 Å². The van der Waals surface area contributed by atoms with Crippen molar-refractivity contribution in [3.63, 3.8) is 0 Å². The van der Waals surface area contributed by atoms with E-state index in [0.29, 0.717) is 29.8 Å². The maximum absolute atomic E-state index is 12.8. The predicted molar refractivity (Wildman–Crippen MR) is 96.3 cm³/mol. The zero-order valence-corrected chi connectivity index (χ0v) is 14.4. The minimum atomic E-state index is -0.247. The highest BCUT2D eigenvalue weighted by Crippen LogP contribution is 2.17. The van der Waals surface area contributed by atoms with Crippen molar-refractivity contribution in [1.82, 2.24) is 5.32 Å². The molecule has 0 bridgehead atoms. The smallest absolute Gasteiger partial charge is 0.252 e. The standard InChI is InChI=1S/C20H24N2O2/c1-13(11-21)12-22-20(24)18-7-5-4-6-17(18)19(23)16-9-8-14(2)15(3)10-16/h4-10,13H,11-12,21H2,1-3H3,(H,22,24). The van der Waals surface area contributed by atoms with Crippen LogP contribution in [-0.2, 0) is 0 Å². The lowest BCUT2D eigenvalue weighted by Crippen LogP contribution is -2.32. The lowest BCUT2D eigenvalue weighted by Gasteiger charge is -2.13. The van der Waals surface area contributed by atoms with Crippen molar-refractivity contribution in [1.29, 1.82) is 0 Å². The Labute approximate surface area is 143 Å². The molecule has 4 heteroatoms. The molecule has 1 atom stereocenters. The zero-order valence-electron chi connectivity index (χ0n) is 14.4. The number of ketones is 1. The van der Waals surface area contributed by atoms with Gasteiger partial charge in [-0.15, -0.1) is 0 Å². The maximum atomic E-state index is 12.8. The van der Waals surface area contributed by atoms with Crippen LogP contribution in [0.15, 0.2) is 42.5 Å². The summed E-state index contributed by atoms with van der Waals surface area (Å²) in [6, 6.07) is 12.5. The lowest BCUT2D eigenvalue weighted by molar-refractivity contribution is 0.0937. The number of rotatable bonds is 6. The third kappa shape index (κ3) is 4.09. The van der Waals surface area contributed by atoms with E-state index in [2.05, 4.69) is 5.32 Å². The van der Waals surface area contributed by atoms with E-state index < -0.39 is 0 Å². The number of amides is 1. The Kier molecular flexibility index (Phi) is 5.88. The van der Waals surface area contributed by atoms with E-state index in [1.165, 1.54) is 0 Å². The Hall–Kier alpha value is -2.46. The number of benzene rings is 2. The number of carbonyl (C=O) groups excluding carboxylic acids is 2. The highest BCUT2D eigenvalue weighted by Gasteiger charge is 2.18. The number of hydrogen-bond acceptors (Lipinski definition) is 3. The summed E-state index contributed by atoms with van der Waals surface area (Å²) >= 11 is 0. The van der Waals surface area contributed by atoms with Gasteiger partial charge in [-0.05, 0) is 49.6 Å². The highest BCUT2D eigenvalue weighted by atomic mass is 16.2. The van der Waals surface area contributed by atoms with Crippen LogP contribution in [0.3, 0.4) is 0 Å². The Morgan fingerprint density at radius 1 is 1.04 bits per heavy atom. The van der Waals surface area contributed by atoms with E-state index in [0.717, 1.165) is 11.1 Å². The fourth-order valence-corrected chi connectivity index (χ4v) is 2.36. The van der Waals surface area contributed by atoms with Gasteiger partial charge in [0.25, 0.3) is 5.91 Å². The first-order valence-corrected chi connectivity index (χ1v) is 8.13. The van der Waals surface area contributed by atoms with Crippen LogP contribution in [-0.4, -0.2) is 24.8 Å². The minimum absolute atomic E-state index is 0.143. The molecule has 2 aromatic carbocycles. The van der Waals surface area contributed by atoms with Gasteiger partial charge in [-0.1, -0.05) is 37.3 Å². The first kappa shape index (κ1) is 17.9. The molecule has 1 unspecified atom stereocenters. The van der Waals surface area contributed by atoms with Gasteiger partial charge in [-0.2, -0.15) is 0 Å². The molecule has 0 aliphatic rings. The molecule has 0 aliphatic heterocycles. The molecule has 2 aromatic rings. The zero-order chi connectivity index (χ0) is 17.7. The normalized spacial score (nSPS) is 11.8. The number of aryl methyl sites for hydroxylation is 2. The molecule has 24 heavy (non-hydrogen) atoms. The number of nitrogens with two attached hydrogens (primary N) is 1. The van der Waals surface area contributed by atoms with Gasteiger partial charge in [0.1, 0.15) is 0 Å². The number of hydrogen-bond donors (Lipinski definition) is 2. The molecular weight excluding hydrogens is 300 g/mol. The molecule has 3 N–H and O–H groups in total. The largest absolute Gasteiger partial charge is 0.352 e. The van der Waals surface area contributed by atoms with Gasteiger partial charge in [0.2, 0.25) is 0 Å². The summed E-state index contributed by atoms with van der Waals surface area (Å²) in [5.41, 5.74) is 9.16. The van der Waals surface area contributed by atoms with E-state index in [4.69, 9.17) is 5.73 Å². The second-order valence-corrected chi connectivity index (χ2v) is 6.22. The van der Waals surface area contributed by atoms with Gasteiger partial charge in [-0.25, -0.2) is 0 Å². The molecular formula is C20H24N2O2. The maximum Gasteiger partial charge on any atom is 0.252 e. The fraction of sp³-hybridized carbons (Fsp3) is 0.300. The second-order valence-electron chi connectivity index (χ2n) is 6.22. The number of carbonyl (C=O) groups is 2. The van der Waals surface area contributed by atoms with Crippen molar-refractivity contribution in [2.45, 2.75) is 20.8 Å². The van der Waals surface area contributed by atoms with Crippen LogP contribution in [0, 0.1) is 19.8 Å². The molecule has 4 nitrogen and oxygen atoms in total. The molecule has 0 radical (unpaired) electrons. The van der Waals surface area contributed by atoms with E-state index >= 15 is 0 Å². The topological polar surface area (TPSA) is 72.2 Å². The Morgan fingerprint density at radius 2 is 1.71 bits per heavy atom. The summed E-state index contributed by atoms with van der Waals surface area (Å²) in [6.07, 6.45) is 0. The van der Waals surface area contributed by atoms with Gasteiger partial charge in [0.15, 0.2) is 5.78 Å². The summed E-state index contributed by atoms with van der Waals surface area (Å²) < 4.78 is 0. The van der Waals surface area contributed by atoms with Gasteiger partial charge >= 0.3 is 0 Å². The summed E-state index contributed by atoms with van der Waals surface area (Å²) in [5.74, 6) is -0.199. The molecule has 0 fully saturated rings. The molecule has 0 saturated carbocycles. The third-order valence-electron chi connectivity index (χ3n) is 4.20. The molecule has 0 aromatic heterocycles. The second kappa shape index (κ2) is 7.88. The molecule has 0 heterocycles. The first-order chi connectivity index (χ1) is 11.4. The van der Waals surface area contributed by atoms with Crippen LogP contribution < -0.4 is 11.1 Å². The minimum Gasteiger partial charge on any atom is -0.352 e. The van der Waals surface area contributed by atoms with Gasteiger partial charge < -0.3 is 11.1 Å². The summed E-state index contributed by atoms with van der Waals surface area (Å²) in [4.78, 5) is 25.3. The Bertz CT molecular complexity index is 753. The van der Waals surface area contributed by atoms with Crippen LogP contribution in [0.4, 0.5) is 0 Å². The average Bonchev–Trinajstić information content (AvgIpc) is 2.61. The number of nitrogens with one attached hydrogen (secondary N) is 1. The molecule has 126 valence electrons. The monoisotopic (exact) mass is 324 g/mol. The van der Waals surface area contributed by atoms with Crippen molar-refractivity contribution in [3.8, 4) is 0 Å². The van der Waals surface area contributed by atoms with E-state index in [-0.39, 0.29) is 17.6 Å². The van der Waals surface area contributed by atoms with Gasteiger partial charge in [0, 0.05) is 17.7 Å². The summed E-state index contributed by atoms with van der Waals surface area (Å²) in [7, 11) is 0. The molecule has 2 rings (SSSR count). The van der Waals surface area contributed by atoms with E-state index in [9.17, 15) is 9.59 Å². The van der Waals surface area contributed by atoms with Crippen molar-refractivity contribution in [3.05, 3.63) is 70.3 Å². The van der Waals surface area contributed by atoms with E-state index in [1.54, 1.807) is 30.3 Å². The molecule has 0 spiro atoms. The lowest BCUT2D eigenvalue weighted by atomic mass is 9.95. The third-order valence-corrected chi connectivity index (χ3v) is 4.20. The quantitative estimate of drug-likeness (QED) is 0.803. The van der Waals surface area contributed by atoms with Crippen LogP contribution in [0.5, 0.6) is 0 Å². The Balaban J connectivity index is 2.29. The molecule has 0 aliphatic carbocycles. The van der Waals surface area contributed by atoms with Crippen LogP contribution in [0.25, 0.3) is 0 Å². The van der Waals surface area contributed by atoms with Crippen LogP contribution in [0.1, 0.15) is 44.3 Å². The van der Waals surface area contributed by atoms with Crippen molar-refractivity contribution in [2.24, 2.45) is 11.7 Å². The van der Waals surface area contributed by atoms with Crippen molar-refractivity contribution in [2.75, 3.05) is 13.1 Å². The average molecular weight is 324 g/mol. The predicted octanol–water partition coefficient (Wildman–Crippen LogP) is 2.86. The fourth-order valence-electron chi connectivity index (χ4n) is 2.36. The summed E-state index contributed by atoms with van der Waals surface area (Å²) in [6.45, 7) is 6.93. The van der Waals surface area contributed by atoms with E-state index in [1.807, 2.05) is 32.9 Å². The van der Waals surface area contributed by atoms with Gasteiger partial charge in [-0.3, -0.25) is 9.59 Å². The molecule has 0 saturated heterocycles. The SMILES string of the molecule is Cc1ccc(C(=O)c2ccccc2C(=O)NCC(C)CN)cc1C. The first-order valence-electron chi connectivity index (χ1n) is 8.13. The van der Waals surface area contributed by atoms with Crippen molar-refractivity contribution < 1.29 is 9.59 Å². The van der Waals surface area contributed by atoms with Crippen LogP contribution >= 0.6 is 0 Å². The molecule has 1 amide bonds. The van der Waals surface area contributed by atoms with Crippen LogP contribution in [0.2, 0.25) is 0 Å². The summed E-state index contributed by atoms with van der Waals surface area (Å²) in [5, 5.41) is 2.85.